The number of nitrogens with one attached hydrogen (secondary N) is 1. The highest BCUT2D eigenvalue weighted by Gasteiger charge is 2.19. The van der Waals surface area contributed by atoms with Gasteiger partial charge in [-0.1, -0.05) is 29.8 Å². The molecule has 0 aliphatic rings. The molecule has 2 rings (SSSR count). The number of halogens is 1. The number of carboxylic acids is 1. The minimum atomic E-state index is -1.09. The summed E-state index contributed by atoms with van der Waals surface area (Å²) in [5, 5.41) is 12.6. The molecule has 0 saturated carbocycles. The van der Waals surface area contributed by atoms with Crippen LogP contribution in [0.1, 0.15) is 28.0 Å². The van der Waals surface area contributed by atoms with Crippen molar-refractivity contribution in [3.63, 3.8) is 0 Å². The molecule has 0 aliphatic carbocycles. The molecule has 7 heteroatoms. The lowest BCUT2D eigenvalue weighted by Crippen LogP contribution is -2.14. The van der Waals surface area contributed by atoms with Gasteiger partial charge in [-0.25, -0.2) is 4.79 Å². The summed E-state index contributed by atoms with van der Waals surface area (Å²) in [5.41, 5.74) is 1.33. The second-order valence-electron chi connectivity index (χ2n) is 4.42. The van der Waals surface area contributed by atoms with Crippen LogP contribution in [0.4, 0.5) is 5.00 Å². The molecule has 0 saturated heterocycles. The van der Waals surface area contributed by atoms with Gasteiger partial charge in [-0.3, -0.25) is 4.79 Å². The lowest BCUT2D eigenvalue weighted by atomic mass is 10.1. The van der Waals surface area contributed by atoms with Crippen LogP contribution < -0.4 is 5.32 Å². The van der Waals surface area contributed by atoms with Crippen LogP contribution in [-0.2, 0) is 11.2 Å². The second-order valence-corrected chi connectivity index (χ2v) is 5.60. The molecule has 5 nitrogen and oxygen atoms in total. The Hall–Kier alpha value is -1.92. The van der Waals surface area contributed by atoms with E-state index in [2.05, 4.69) is 9.69 Å². The highest BCUT2D eigenvalue weighted by atomic mass is 35.5. The molecule has 1 amide bonds. The van der Waals surface area contributed by atoms with Crippen molar-refractivity contribution >= 4 is 40.0 Å². The maximum absolute atomic E-state index is 11.9. The van der Waals surface area contributed by atoms with Crippen LogP contribution in [0.2, 0.25) is 5.02 Å². The molecule has 2 N–H and O–H groups in total. The number of aryl methyl sites for hydroxylation is 2. The van der Waals surface area contributed by atoms with Gasteiger partial charge in [0.1, 0.15) is 10.6 Å². The molecule has 0 aliphatic heterocycles. The summed E-state index contributed by atoms with van der Waals surface area (Å²) in [6.45, 7) is 1.60. The van der Waals surface area contributed by atoms with E-state index < -0.39 is 5.97 Å². The largest absolute Gasteiger partial charge is 0.478 e. The predicted molar refractivity (Wildman–Crippen MR) is 82.2 cm³/mol. The van der Waals surface area contributed by atoms with Crippen molar-refractivity contribution in [2.45, 2.75) is 19.8 Å². The Morgan fingerprint density at radius 1 is 1.38 bits per heavy atom. The van der Waals surface area contributed by atoms with Crippen LogP contribution in [0.5, 0.6) is 0 Å². The summed E-state index contributed by atoms with van der Waals surface area (Å²) in [7, 11) is 0. The average Bonchev–Trinajstić information content (AvgIpc) is 2.79. The molecule has 2 aromatic rings. The molecular formula is C14H13ClN2O3S. The third-order valence-corrected chi connectivity index (χ3v) is 4.13. The van der Waals surface area contributed by atoms with Crippen molar-refractivity contribution in [2.24, 2.45) is 0 Å². The van der Waals surface area contributed by atoms with Crippen LogP contribution >= 0.6 is 23.1 Å². The number of aromatic nitrogens is 1. The van der Waals surface area contributed by atoms with Crippen molar-refractivity contribution in [1.82, 2.24) is 4.37 Å². The maximum atomic E-state index is 11.9. The standard InChI is InChI=1S/C14H13ClN2O3S/c1-8-12(14(19)20)13(21-17-8)16-11(18)7-6-9-4-2-3-5-10(9)15/h2-5H,6-7H2,1H3,(H,16,18)(H,19,20). The van der Waals surface area contributed by atoms with Gasteiger partial charge in [-0.05, 0) is 36.5 Å². The Balaban J connectivity index is 2.00. The Bertz CT molecular complexity index is 685. The number of hydrogen-bond donors (Lipinski definition) is 2. The van der Waals surface area contributed by atoms with E-state index in [0.29, 0.717) is 17.1 Å². The molecule has 0 unspecified atom stereocenters. The first-order valence-corrected chi connectivity index (χ1v) is 7.37. The zero-order valence-electron chi connectivity index (χ0n) is 11.2. The van der Waals surface area contributed by atoms with Gasteiger partial charge in [0, 0.05) is 11.4 Å². The summed E-state index contributed by atoms with van der Waals surface area (Å²) in [6, 6.07) is 7.30. The monoisotopic (exact) mass is 324 g/mol. The lowest BCUT2D eigenvalue weighted by molar-refractivity contribution is -0.116. The number of rotatable bonds is 5. The smallest absolute Gasteiger partial charge is 0.340 e. The summed E-state index contributed by atoms with van der Waals surface area (Å²) in [5.74, 6) is -1.36. The van der Waals surface area contributed by atoms with Gasteiger partial charge in [0.2, 0.25) is 5.91 Å². The predicted octanol–water partition coefficient (Wildman–Crippen LogP) is 3.37. The zero-order chi connectivity index (χ0) is 15.4. The number of aromatic carboxylic acids is 1. The molecule has 0 radical (unpaired) electrons. The van der Waals surface area contributed by atoms with Crippen molar-refractivity contribution in [3.8, 4) is 0 Å². The highest BCUT2D eigenvalue weighted by molar-refractivity contribution is 7.11. The Labute approximate surface area is 130 Å². The molecule has 21 heavy (non-hydrogen) atoms. The van der Waals surface area contributed by atoms with Crippen molar-refractivity contribution in [3.05, 3.63) is 46.1 Å². The number of benzene rings is 1. The van der Waals surface area contributed by atoms with E-state index in [0.717, 1.165) is 17.1 Å². The molecule has 0 fully saturated rings. The van der Waals surface area contributed by atoms with Crippen LogP contribution in [-0.4, -0.2) is 21.4 Å². The SMILES string of the molecule is Cc1nsc(NC(=O)CCc2ccccc2Cl)c1C(=O)O. The van der Waals surface area contributed by atoms with E-state index in [-0.39, 0.29) is 22.9 Å². The summed E-state index contributed by atoms with van der Waals surface area (Å²) in [6.07, 6.45) is 0.714. The molecule has 0 bridgehead atoms. The van der Waals surface area contributed by atoms with E-state index in [1.54, 1.807) is 13.0 Å². The summed E-state index contributed by atoms with van der Waals surface area (Å²) >= 11 is 6.99. The molecule has 0 atom stereocenters. The zero-order valence-corrected chi connectivity index (χ0v) is 12.8. The number of carbonyl (C=O) groups excluding carboxylic acids is 1. The lowest BCUT2D eigenvalue weighted by Gasteiger charge is -2.05. The van der Waals surface area contributed by atoms with Gasteiger partial charge in [-0.2, -0.15) is 4.37 Å². The Kier molecular flexibility index (Phi) is 4.93. The molecule has 1 aromatic heterocycles. The first-order valence-electron chi connectivity index (χ1n) is 6.22. The quantitative estimate of drug-likeness (QED) is 0.883. The fraction of sp³-hybridized carbons (Fsp3) is 0.214. The van der Waals surface area contributed by atoms with E-state index >= 15 is 0 Å². The third kappa shape index (κ3) is 3.80. The molecule has 1 heterocycles. The van der Waals surface area contributed by atoms with Gasteiger partial charge in [0.05, 0.1) is 5.69 Å². The van der Waals surface area contributed by atoms with Gasteiger partial charge in [-0.15, -0.1) is 0 Å². The molecule has 1 aromatic carbocycles. The average molecular weight is 325 g/mol. The Morgan fingerprint density at radius 3 is 2.76 bits per heavy atom. The first kappa shape index (κ1) is 15.5. The maximum Gasteiger partial charge on any atom is 0.340 e. The third-order valence-electron chi connectivity index (χ3n) is 2.91. The van der Waals surface area contributed by atoms with Crippen LogP contribution in [0.15, 0.2) is 24.3 Å². The number of anilines is 1. The van der Waals surface area contributed by atoms with E-state index in [1.807, 2.05) is 18.2 Å². The van der Waals surface area contributed by atoms with Gasteiger partial charge in [0.15, 0.2) is 0 Å². The molecule has 110 valence electrons. The van der Waals surface area contributed by atoms with Gasteiger partial charge < -0.3 is 10.4 Å². The number of carboxylic acid groups (broad SMARTS) is 1. The molecule has 0 spiro atoms. The minimum absolute atomic E-state index is 0.0473. The number of carbonyl (C=O) groups is 2. The fourth-order valence-corrected chi connectivity index (χ4v) is 2.88. The van der Waals surface area contributed by atoms with Crippen LogP contribution in [0, 0.1) is 6.92 Å². The number of hydrogen-bond acceptors (Lipinski definition) is 4. The first-order chi connectivity index (χ1) is 9.99. The second kappa shape index (κ2) is 6.69. The number of amides is 1. The van der Waals surface area contributed by atoms with Crippen molar-refractivity contribution < 1.29 is 14.7 Å². The fourth-order valence-electron chi connectivity index (χ4n) is 1.85. The summed E-state index contributed by atoms with van der Waals surface area (Å²) in [4.78, 5) is 23.0. The van der Waals surface area contributed by atoms with Gasteiger partial charge >= 0.3 is 5.97 Å². The van der Waals surface area contributed by atoms with Crippen LogP contribution in [0.25, 0.3) is 0 Å². The molecular weight excluding hydrogens is 312 g/mol. The highest BCUT2D eigenvalue weighted by Crippen LogP contribution is 2.25. The topological polar surface area (TPSA) is 79.3 Å². The van der Waals surface area contributed by atoms with Crippen LogP contribution in [0.3, 0.4) is 0 Å². The summed E-state index contributed by atoms with van der Waals surface area (Å²) < 4.78 is 3.95. The Morgan fingerprint density at radius 2 is 2.10 bits per heavy atom. The van der Waals surface area contributed by atoms with Crippen molar-refractivity contribution in [1.29, 1.82) is 0 Å². The van der Waals surface area contributed by atoms with Gasteiger partial charge in [0.25, 0.3) is 0 Å². The van der Waals surface area contributed by atoms with Crippen molar-refractivity contribution in [2.75, 3.05) is 5.32 Å². The van der Waals surface area contributed by atoms with E-state index in [4.69, 9.17) is 16.7 Å². The van der Waals surface area contributed by atoms with E-state index in [1.165, 1.54) is 0 Å². The minimum Gasteiger partial charge on any atom is -0.478 e. The van der Waals surface area contributed by atoms with E-state index in [9.17, 15) is 9.59 Å². The normalized spacial score (nSPS) is 10.4. The number of nitrogens with zero attached hydrogens (tertiary/aromatic N) is 1.